The van der Waals surface area contributed by atoms with Crippen LogP contribution < -0.4 is 10.5 Å². The number of rotatable bonds is 3. The van der Waals surface area contributed by atoms with E-state index in [0.29, 0.717) is 5.92 Å². The molecule has 2 N–H and O–H groups in total. The maximum Gasteiger partial charge on any atom is 0.123 e. The van der Waals surface area contributed by atoms with Crippen molar-refractivity contribution in [3.05, 3.63) is 29.3 Å². The normalized spacial score (nSPS) is 22.2. The minimum atomic E-state index is 0.00477. The first-order valence-electron chi connectivity index (χ1n) is 6.20. The van der Waals surface area contributed by atoms with Gasteiger partial charge in [-0.05, 0) is 25.8 Å². The fourth-order valence-electron chi connectivity index (χ4n) is 2.42. The number of methoxy groups -OCH3 is 1. The SMILES string of the molecule is COc1ccc(C)cc1C(N)C1CCCOC1. The Kier molecular flexibility index (Phi) is 4.02. The molecule has 17 heavy (non-hydrogen) atoms. The Labute approximate surface area is 103 Å². The third-order valence-corrected chi connectivity index (χ3v) is 3.45. The highest BCUT2D eigenvalue weighted by atomic mass is 16.5. The first-order valence-corrected chi connectivity index (χ1v) is 6.20. The molecule has 0 aliphatic carbocycles. The molecular formula is C14H21NO2. The molecule has 1 saturated heterocycles. The largest absolute Gasteiger partial charge is 0.496 e. The van der Waals surface area contributed by atoms with Crippen LogP contribution in [0.5, 0.6) is 5.75 Å². The number of aryl methyl sites for hydroxylation is 1. The first kappa shape index (κ1) is 12.4. The molecule has 1 heterocycles. The van der Waals surface area contributed by atoms with Gasteiger partial charge in [0.1, 0.15) is 5.75 Å². The summed E-state index contributed by atoms with van der Waals surface area (Å²) in [5.74, 6) is 1.29. The molecule has 0 bridgehead atoms. The monoisotopic (exact) mass is 235 g/mol. The van der Waals surface area contributed by atoms with Gasteiger partial charge in [0.2, 0.25) is 0 Å². The Morgan fingerprint density at radius 1 is 1.47 bits per heavy atom. The van der Waals surface area contributed by atoms with Crippen LogP contribution >= 0.6 is 0 Å². The smallest absolute Gasteiger partial charge is 0.123 e. The van der Waals surface area contributed by atoms with Crippen molar-refractivity contribution < 1.29 is 9.47 Å². The van der Waals surface area contributed by atoms with Gasteiger partial charge in [0.25, 0.3) is 0 Å². The molecule has 1 aromatic rings. The minimum absolute atomic E-state index is 0.00477. The van der Waals surface area contributed by atoms with E-state index in [0.717, 1.165) is 37.4 Å². The van der Waals surface area contributed by atoms with Crippen molar-refractivity contribution >= 4 is 0 Å². The van der Waals surface area contributed by atoms with Gasteiger partial charge in [-0.25, -0.2) is 0 Å². The molecule has 0 radical (unpaired) electrons. The molecule has 1 aromatic carbocycles. The lowest BCUT2D eigenvalue weighted by atomic mass is 9.88. The lowest BCUT2D eigenvalue weighted by Gasteiger charge is -2.28. The van der Waals surface area contributed by atoms with Crippen LogP contribution in [0.1, 0.15) is 30.0 Å². The average molecular weight is 235 g/mol. The van der Waals surface area contributed by atoms with Gasteiger partial charge < -0.3 is 15.2 Å². The molecule has 2 atom stereocenters. The predicted octanol–water partition coefficient (Wildman–Crippen LogP) is 2.43. The molecule has 0 spiro atoms. The van der Waals surface area contributed by atoms with Crippen molar-refractivity contribution in [2.24, 2.45) is 11.7 Å². The summed E-state index contributed by atoms with van der Waals surface area (Å²) in [4.78, 5) is 0. The third kappa shape index (κ3) is 2.79. The van der Waals surface area contributed by atoms with Gasteiger partial charge in [0.05, 0.1) is 13.7 Å². The Morgan fingerprint density at radius 3 is 2.94 bits per heavy atom. The highest BCUT2D eigenvalue weighted by Gasteiger charge is 2.24. The second-order valence-electron chi connectivity index (χ2n) is 4.75. The average Bonchev–Trinajstić information content (AvgIpc) is 2.39. The van der Waals surface area contributed by atoms with Gasteiger partial charge in [-0.1, -0.05) is 17.7 Å². The van der Waals surface area contributed by atoms with Gasteiger partial charge in [-0.2, -0.15) is 0 Å². The summed E-state index contributed by atoms with van der Waals surface area (Å²) in [7, 11) is 1.69. The summed E-state index contributed by atoms with van der Waals surface area (Å²) in [6.45, 7) is 3.71. The molecule has 2 unspecified atom stereocenters. The standard InChI is InChI=1S/C14H21NO2/c1-10-5-6-13(16-2)12(8-10)14(15)11-4-3-7-17-9-11/h5-6,8,11,14H,3-4,7,9,15H2,1-2H3. The van der Waals surface area contributed by atoms with E-state index >= 15 is 0 Å². The zero-order valence-electron chi connectivity index (χ0n) is 10.6. The molecule has 0 aromatic heterocycles. The first-order chi connectivity index (χ1) is 8.22. The second kappa shape index (κ2) is 5.52. The number of hydrogen-bond donors (Lipinski definition) is 1. The number of nitrogens with two attached hydrogens (primary N) is 1. The van der Waals surface area contributed by atoms with Crippen LogP contribution in [-0.2, 0) is 4.74 Å². The van der Waals surface area contributed by atoms with E-state index in [1.807, 2.05) is 12.1 Å². The predicted molar refractivity (Wildman–Crippen MR) is 68.2 cm³/mol. The van der Waals surface area contributed by atoms with Gasteiger partial charge in [0.15, 0.2) is 0 Å². The van der Waals surface area contributed by atoms with Crippen LogP contribution in [0.4, 0.5) is 0 Å². The van der Waals surface area contributed by atoms with E-state index in [9.17, 15) is 0 Å². The highest BCUT2D eigenvalue weighted by molar-refractivity contribution is 5.39. The molecule has 1 aliphatic heterocycles. The molecular weight excluding hydrogens is 214 g/mol. The fourth-order valence-corrected chi connectivity index (χ4v) is 2.42. The molecule has 3 heteroatoms. The van der Waals surface area contributed by atoms with Gasteiger partial charge >= 0.3 is 0 Å². The van der Waals surface area contributed by atoms with E-state index in [4.69, 9.17) is 15.2 Å². The van der Waals surface area contributed by atoms with Crippen molar-refractivity contribution in [1.29, 1.82) is 0 Å². The number of ether oxygens (including phenoxy) is 2. The lowest BCUT2D eigenvalue weighted by molar-refractivity contribution is 0.0444. The van der Waals surface area contributed by atoms with Crippen LogP contribution in [0.2, 0.25) is 0 Å². The van der Waals surface area contributed by atoms with Gasteiger partial charge in [-0.15, -0.1) is 0 Å². The van der Waals surface area contributed by atoms with E-state index in [1.54, 1.807) is 7.11 Å². The molecule has 2 rings (SSSR count). The topological polar surface area (TPSA) is 44.5 Å². The number of hydrogen-bond acceptors (Lipinski definition) is 3. The van der Waals surface area contributed by atoms with E-state index in [2.05, 4.69) is 13.0 Å². The summed E-state index contributed by atoms with van der Waals surface area (Å²) in [5.41, 5.74) is 8.67. The number of benzene rings is 1. The maximum atomic E-state index is 6.36. The Balaban J connectivity index is 2.21. The Bertz CT molecular complexity index is 372. The molecule has 0 amide bonds. The van der Waals surface area contributed by atoms with Crippen molar-refractivity contribution in [2.45, 2.75) is 25.8 Å². The lowest BCUT2D eigenvalue weighted by Crippen LogP contribution is -2.29. The summed E-state index contributed by atoms with van der Waals surface area (Å²) in [5, 5.41) is 0. The highest BCUT2D eigenvalue weighted by Crippen LogP contribution is 2.32. The summed E-state index contributed by atoms with van der Waals surface area (Å²) in [6, 6.07) is 6.17. The van der Waals surface area contributed by atoms with Crippen LogP contribution in [0, 0.1) is 12.8 Å². The zero-order chi connectivity index (χ0) is 12.3. The Hall–Kier alpha value is -1.06. The van der Waals surface area contributed by atoms with Crippen LogP contribution in [-0.4, -0.2) is 20.3 Å². The van der Waals surface area contributed by atoms with E-state index < -0.39 is 0 Å². The minimum Gasteiger partial charge on any atom is -0.496 e. The van der Waals surface area contributed by atoms with Crippen LogP contribution in [0.25, 0.3) is 0 Å². The zero-order valence-corrected chi connectivity index (χ0v) is 10.6. The van der Waals surface area contributed by atoms with E-state index in [-0.39, 0.29) is 6.04 Å². The van der Waals surface area contributed by atoms with Crippen LogP contribution in [0.15, 0.2) is 18.2 Å². The summed E-state index contributed by atoms with van der Waals surface area (Å²) >= 11 is 0. The molecule has 0 saturated carbocycles. The molecule has 94 valence electrons. The third-order valence-electron chi connectivity index (χ3n) is 3.45. The van der Waals surface area contributed by atoms with Crippen LogP contribution in [0.3, 0.4) is 0 Å². The second-order valence-corrected chi connectivity index (χ2v) is 4.75. The summed E-state index contributed by atoms with van der Waals surface area (Å²) < 4.78 is 10.9. The van der Waals surface area contributed by atoms with Crippen molar-refractivity contribution in [2.75, 3.05) is 20.3 Å². The molecule has 3 nitrogen and oxygen atoms in total. The maximum absolute atomic E-state index is 6.36. The fraction of sp³-hybridized carbons (Fsp3) is 0.571. The van der Waals surface area contributed by atoms with Crippen molar-refractivity contribution in [3.63, 3.8) is 0 Å². The van der Waals surface area contributed by atoms with Crippen molar-refractivity contribution in [1.82, 2.24) is 0 Å². The molecule has 1 fully saturated rings. The van der Waals surface area contributed by atoms with Gasteiger partial charge in [0, 0.05) is 24.1 Å². The van der Waals surface area contributed by atoms with E-state index in [1.165, 1.54) is 5.56 Å². The van der Waals surface area contributed by atoms with Gasteiger partial charge in [-0.3, -0.25) is 0 Å². The summed E-state index contributed by atoms with van der Waals surface area (Å²) in [6.07, 6.45) is 2.24. The quantitative estimate of drug-likeness (QED) is 0.875. The Morgan fingerprint density at radius 2 is 2.29 bits per heavy atom. The van der Waals surface area contributed by atoms with Crippen molar-refractivity contribution in [3.8, 4) is 5.75 Å². The molecule has 1 aliphatic rings.